The van der Waals surface area contributed by atoms with Crippen molar-refractivity contribution in [3.8, 4) is 12.1 Å². The number of hydrogen-bond acceptors (Lipinski definition) is 8. The number of fused-ring (bicyclic) bond motifs is 1. The summed E-state index contributed by atoms with van der Waals surface area (Å²) in [5.41, 5.74) is 3.67. The van der Waals surface area contributed by atoms with Gasteiger partial charge in [-0.2, -0.15) is 14.9 Å². The average molecular weight is 593 g/mol. The number of rotatable bonds is 10. The predicted molar refractivity (Wildman–Crippen MR) is 162 cm³/mol. The van der Waals surface area contributed by atoms with E-state index in [4.69, 9.17) is 11.6 Å². The normalized spacial score (nSPS) is 15.1. The molecular formula is C32H27ClFN9. The highest BCUT2D eigenvalue weighted by atomic mass is 35.5. The van der Waals surface area contributed by atoms with Gasteiger partial charge < -0.3 is 10.6 Å². The molecule has 9 nitrogen and oxygen atoms in total. The molecule has 1 saturated carbocycles. The number of hydrogen-bond donors (Lipinski definition) is 2. The molecule has 1 fully saturated rings. The molecule has 1 aliphatic carbocycles. The molecule has 0 bridgehead atoms. The highest BCUT2D eigenvalue weighted by Crippen LogP contribution is 2.39. The molecule has 1 aliphatic rings. The SMILES string of the molecule is [2H]C(Nc1cc(Cl)c2ncc(C#N)c(NC(CCC#N)c3ccccc3)c2c1)(c1cn(C2CC2)nn1)c1ccc(F)nc1C. The van der Waals surface area contributed by atoms with Gasteiger partial charge in [-0.1, -0.05) is 53.2 Å². The van der Waals surface area contributed by atoms with Gasteiger partial charge in [0.15, 0.2) is 0 Å². The summed E-state index contributed by atoms with van der Waals surface area (Å²) in [6.07, 6.45) is 5.98. The van der Waals surface area contributed by atoms with Gasteiger partial charge in [-0.3, -0.25) is 4.98 Å². The molecule has 43 heavy (non-hydrogen) atoms. The van der Waals surface area contributed by atoms with Gasteiger partial charge in [0.1, 0.15) is 11.8 Å². The van der Waals surface area contributed by atoms with Crippen molar-refractivity contribution in [3.05, 3.63) is 106 Å². The van der Waals surface area contributed by atoms with Crippen molar-refractivity contribution in [2.24, 2.45) is 0 Å². The summed E-state index contributed by atoms with van der Waals surface area (Å²) >= 11 is 6.78. The molecule has 214 valence electrons. The summed E-state index contributed by atoms with van der Waals surface area (Å²) in [6, 6.07) is 18.5. The van der Waals surface area contributed by atoms with Gasteiger partial charge in [0, 0.05) is 34.9 Å². The second-order valence-corrected chi connectivity index (χ2v) is 10.8. The molecule has 0 aliphatic heterocycles. The topological polar surface area (TPSA) is 128 Å². The van der Waals surface area contributed by atoms with Crippen LogP contribution in [0.4, 0.5) is 15.8 Å². The van der Waals surface area contributed by atoms with E-state index in [0.29, 0.717) is 62.7 Å². The van der Waals surface area contributed by atoms with E-state index in [1.54, 1.807) is 29.9 Å². The molecule has 2 aromatic carbocycles. The summed E-state index contributed by atoms with van der Waals surface area (Å²) in [5, 5.41) is 35.5. The Morgan fingerprint density at radius 1 is 1.16 bits per heavy atom. The van der Waals surface area contributed by atoms with Crippen LogP contribution in [-0.2, 0) is 0 Å². The van der Waals surface area contributed by atoms with Crippen LogP contribution in [-0.4, -0.2) is 25.0 Å². The van der Waals surface area contributed by atoms with Gasteiger partial charge in [-0.25, -0.2) is 9.67 Å². The van der Waals surface area contributed by atoms with Crippen molar-refractivity contribution < 1.29 is 5.76 Å². The van der Waals surface area contributed by atoms with E-state index in [1.807, 2.05) is 30.3 Å². The van der Waals surface area contributed by atoms with Gasteiger partial charge in [-0.05, 0) is 49.9 Å². The molecule has 0 spiro atoms. The minimum absolute atomic E-state index is 0.241. The third-order valence-electron chi connectivity index (χ3n) is 7.39. The Kier molecular flexibility index (Phi) is 7.51. The lowest BCUT2D eigenvalue weighted by molar-refractivity contribution is 0.577. The Morgan fingerprint density at radius 2 is 1.98 bits per heavy atom. The summed E-state index contributed by atoms with van der Waals surface area (Å²) in [4.78, 5) is 8.43. The molecular weight excluding hydrogens is 565 g/mol. The van der Waals surface area contributed by atoms with E-state index < -0.39 is 12.0 Å². The first kappa shape index (κ1) is 26.8. The van der Waals surface area contributed by atoms with Crippen LogP contribution in [0.15, 0.2) is 67.0 Å². The van der Waals surface area contributed by atoms with Crippen molar-refractivity contribution in [1.29, 1.82) is 10.5 Å². The number of pyridine rings is 2. The van der Waals surface area contributed by atoms with Crippen molar-refractivity contribution in [1.82, 2.24) is 25.0 Å². The Labute approximate surface area is 254 Å². The fraction of sp³-hybridized carbons (Fsp3) is 0.250. The third kappa shape index (κ3) is 5.97. The van der Waals surface area contributed by atoms with E-state index in [0.717, 1.165) is 18.4 Å². The number of nitriles is 2. The summed E-state index contributed by atoms with van der Waals surface area (Å²) in [7, 11) is 0. The van der Waals surface area contributed by atoms with Crippen molar-refractivity contribution in [2.45, 2.75) is 50.7 Å². The number of nitrogens with zero attached hydrogens (tertiary/aromatic N) is 7. The molecule has 2 N–H and O–H groups in total. The largest absolute Gasteiger partial charge is 0.377 e. The molecule has 0 saturated heterocycles. The minimum Gasteiger partial charge on any atom is -0.377 e. The van der Waals surface area contributed by atoms with Gasteiger partial charge >= 0.3 is 0 Å². The van der Waals surface area contributed by atoms with Crippen LogP contribution in [0.3, 0.4) is 0 Å². The maximum Gasteiger partial charge on any atom is 0.213 e. The highest BCUT2D eigenvalue weighted by Gasteiger charge is 2.28. The lowest BCUT2D eigenvalue weighted by Gasteiger charge is -2.23. The Balaban J connectivity index is 1.47. The van der Waals surface area contributed by atoms with Gasteiger partial charge in [0.05, 0.1) is 53.5 Å². The van der Waals surface area contributed by atoms with E-state index in [2.05, 4.69) is 43.1 Å². The van der Waals surface area contributed by atoms with E-state index >= 15 is 0 Å². The van der Waals surface area contributed by atoms with Crippen molar-refractivity contribution in [2.75, 3.05) is 10.6 Å². The molecule has 3 heterocycles. The smallest absolute Gasteiger partial charge is 0.213 e. The predicted octanol–water partition coefficient (Wildman–Crippen LogP) is 7.19. The Bertz CT molecular complexity index is 1930. The molecule has 0 radical (unpaired) electrons. The maximum atomic E-state index is 14.0. The molecule has 6 rings (SSSR count). The highest BCUT2D eigenvalue weighted by molar-refractivity contribution is 6.35. The third-order valence-corrected chi connectivity index (χ3v) is 7.68. The minimum atomic E-state index is -1.72. The van der Waals surface area contributed by atoms with Gasteiger partial charge in [0.25, 0.3) is 0 Å². The van der Waals surface area contributed by atoms with Crippen LogP contribution in [0.5, 0.6) is 0 Å². The van der Waals surface area contributed by atoms with Crippen LogP contribution >= 0.6 is 11.6 Å². The van der Waals surface area contributed by atoms with Crippen LogP contribution in [0.2, 0.25) is 5.02 Å². The van der Waals surface area contributed by atoms with Crippen molar-refractivity contribution >= 4 is 33.9 Å². The zero-order valence-corrected chi connectivity index (χ0v) is 24.0. The Morgan fingerprint density at radius 3 is 2.70 bits per heavy atom. The Hall–Kier alpha value is -5.06. The number of nitrogens with one attached hydrogen (secondary N) is 2. The number of aryl methyl sites for hydroxylation is 1. The van der Waals surface area contributed by atoms with Crippen LogP contribution in [0.25, 0.3) is 10.9 Å². The van der Waals surface area contributed by atoms with Crippen LogP contribution in [0, 0.1) is 35.5 Å². The first-order chi connectivity index (χ1) is 21.3. The van der Waals surface area contributed by atoms with E-state index in [-0.39, 0.29) is 12.1 Å². The number of benzene rings is 2. The molecule has 5 aromatic rings. The fourth-order valence-electron chi connectivity index (χ4n) is 5.08. The quantitative estimate of drug-likeness (QED) is 0.163. The molecule has 2 unspecified atom stereocenters. The standard InChI is InChI=1S/C32H27ClFN9/c1-19-24(11-12-29(34)38-19)32(28-18-43(42-41-28)23-9-10-23)39-22-14-25-30(21(16-36)17-37-31(25)26(33)15-22)40-27(8-5-13-35)20-6-3-2-4-7-20/h2-4,6-7,11-12,14-15,17-18,23,27,32,39H,5,8-10H2,1H3,(H,37,40)/i32D. The number of anilines is 2. The monoisotopic (exact) mass is 592 g/mol. The number of halogens is 2. The lowest BCUT2D eigenvalue weighted by Crippen LogP contribution is -2.16. The summed E-state index contributed by atoms with van der Waals surface area (Å²) in [5.74, 6) is -0.654. The van der Waals surface area contributed by atoms with Gasteiger partial charge in [-0.15, -0.1) is 5.10 Å². The molecule has 2 atom stereocenters. The zero-order chi connectivity index (χ0) is 30.8. The van der Waals surface area contributed by atoms with Crippen molar-refractivity contribution in [3.63, 3.8) is 0 Å². The summed E-state index contributed by atoms with van der Waals surface area (Å²) < 4.78 is 25.5. The second kappa shape index (κ2) is 12.0. The lowest BCUT2D eigenvalue weighted by atomic mass is 10.00. The van der Waals surface area contributed by atoms with Crippen LogP contribution < -0.4 is 10.6 Å². The van der Waals surface area contributed by atoms with Crippen LogP contribution in [0.1, 0.15) is 73.2 Å². The average Bonchev–Trinajstić information content (AvgIpc) is 3.74. The number of aromatic nitrogens is 5. The molecule has 11 heteroatoms. The second-order valence-electron chi connectivity index (χ2n) is 10.4. The summed E-state index contributed by atoms with van der Waals surface area (Å²) in [6.45, 7) is 1.64. The zero-order valence-electron chi connectivity index (χ0n) is 24.2. The molecule has 3 aromatic heterocycles. The maximum absolute atomic E-state index is 14.0. The van der Waals surface area contributed by atoms with E-state index in [9.17, 15) is 16.3 Å². The van der Waals surface area contributed by atoms with E-state index in [1.165, 1.54) is 18.3 Å². The molecule has 0 amide bonds. The first-order valence-corrected chi connectivity index (χ1v) is 14.2. The fourth-order valence-corrected chi connectivity index (χ4v) is 5.35. The first-order valence-electron chi connectivity index (χ1n) is 14.4. The van der Waals surface area contributed by atoms with Gasteiger partial charge in [0.2, 0.25) is 5.95 Å².